The van der Waals surface area contributed by atoms with Gasteiger partial charge in [-0.15, -0.1) is 0 Å². The maximum atomic E-state index is 5.05. The second-order valence-corrected chi connectivity index (χ2v) is 2.70. The van der Waals surface area contributed by atoms with E-state index in [2.05, 4.69) is 29.3 Å². The van der Waals surface area contributed by atoms with E-state index in [9.17, 15) is 0 Å². The van der Waals surface area contributed by atoms with Gasteiger partial charge in [-0.2, -0.15) is 4.98 Å². The molecule has 0 bridgehead atoms. The van der Waals surface area contributed by atoms with Gasteiger partial charge in [-0.1, -0.05) is 19.0 Å². The van der Waals surface area contributed by atoms with Crippen molar-refractivity contribution in [2.75, 3.05) is 6.54 Å². The molecule has 0 aliphatic rings. The lowest BCUT2D eigenvalue weighted by atomic mass is 10.2. The highest BCUT2D eigenvalue weighted by molar-refractivity contribution is 4.90. The number of aromatic nitrogens is 2. The van der Waals surface area contributed by atoms with Gasteiger partial charge in [-0.25, -0.2) is 0 Å². The Balaban J connectivity index is 2.66. The second kappa shape index (κ2) is 4.21. The van der Waals surface area contributed by atoms with Crippen LogP contribution in [0, 0.1) is 6.92 Å². The Morgan fingerprint density at radius 1 is 1.50 bits per heavy atom. The standard InChI is InChI=1S/C8H15N3O/c1-4-7(9-5-2)8-10-6(3)11-12-8/h7,9H,4-5H2,1-3H3/t7-/m1/s1. The Kier molecular flexibility index (Phi) is 3.22. The van der Waals surface area contributed by atoms with Gasteiger partial charge in [0.1, 0.15) is 0 Å². The molecule has 1 atom stereocenters. The van der Waals surface area contributed by atoms with Crippen LogP contribution >= 0.6 is 0 Å². The fourth-order valence-electron chi connectivity index (χ4n) is 1.11. The van der Waals surface area contributed by atoms with Crippen molar-refractivity contribution in [3.05, 3.63) is 11.7 Å². The first-order valence-corrected chi connectivity index (χ1v) is 4.31. The molecule has 12 heavy (non-hydrogen) atoms. The molecule has 0 saturated heterocycles. The molecule has 1 rings (SSSR count). The normalized spacial score (nSPS) is 13.2. The molecule has 0 aliphatic carbocycles. The smallest absolute Gasteiger partial charge is 0.243 e. The summed E-state index contributed by atoms with van der Waals surface area (Å²) in [5, 5.41) is 7.01. The third kappa shape index (κ3) is 2.04. The summed E-state index contributed by atoms with van der Waals surface area (Å²) in [7, 11) is 0. The average Bonchev–Trinajstić information content (AvgIpc) is 2.47. The predicted octanol–water partition coefficient (Wildman–Crippen LogP) is 1.44. The zero-order valence-corrected chi connectivity index (χ0v) is 7.79. The molecule has 0 amide bonds. The summed E-state index contributed by atoms with van der Waals surface area (Å²) in [6, 6.07) is 0.205. The minimum Gasteiger partial charge on any atom is -0.338 e. The highest BCUT2D eigenvalue weighted by Crippen LogP contribution is 2.13. The molecular formula is C8H15N3O. The van der Waals surface area contributed by atoms with Crippen LogP contribution in [0.2, 0.25) is 0 Å². The first-order valence-electron chi connectivity index (χ1n) is 4.31. The molecule has 4 nitrogen and oxygen atoms in total. The SMILES string of the molecule is CCN[C@H](CC)c1nc(C)no1. The summed E-state index contributed by atoms with van der Waals surface area (Å²) in [5.41, 5.74) is 0. The average molecular weight is 169 g/mol. The number of hydrogen-bond acceptors (Lipinski definition) is 4. The lowest BCUT2D eigenvalue weighted by Gasteiger charge is -2.09. The maximum absolute atomic E-state index is 5.05. The molecule has 0 unspecified atom stereocenters. The number of nitrogens with zero attached hydrogens (tertiary/aromatic N) is 2. The van der Waals surface area contributed by atoms with Crippen LogP contribution in [0.3, 0.4) is 0 Å². The highest BCUT2D eigenvalue weighted by Gasteiger charge is 2.13. The van der Waals surface area contributed by atoms with Crippen molar-refractivity contribution in [3.8, 4) is 0 Å². The topological polar surface area (TPSA) is 51.0 Å². The van der Waals surface area contributed by atoms with Gasteiger partial charge in [0.2, 0.25) is 5.89 Å². The molecule has 1 N–H and O–H groups in total. The number of nitrogens with one attached hydrogen (secondary N) is 1. The largest absolute Gasteiger partial charge is 0.338 e. The summed E-state index contributed by atoms with van der Waals surface area (Å²) in [4.78, 5) is 4.16. The zero-order chi connectivity index (χ0) is 8.97. The van der Waals surface area contributed by atoms with Crippen molar-refractivity contribution >= 4 is 0 Å². The minimum atomic E-state index is 0.205. The van der Waals surface area contributed by atoms with Crippen LogP contribution in [0.5, 0.6) is 0 Å². The van der Waals surface area contributed by atoms with E-state index >= 15 is 0 Å². The molecule has 4 heteroatoms. The zero-order valence-electron chi connectivity index (χ0n) is 7.79. The van der Waals surface area contributed by atoms with Crippen molar-refractivity contribution in [3.63, 3.8) is 0 Å². The van der Waals surface area contributed by atoms with E-state index in [1.54, 1.807) is 0 Å². The van der Waals surface area contributed by atoms with Crippen LogP contribution in [0.4, 0.5) is 0 Å². The van der Waals surface area contributed by atoms with Gasteiger partial charge in [0.15, 0.2) is 5.82 Å². The Morgan fingerprint density at radius 2 is 2.25 bits per heavy atom. The fraction of sp³-hybridized carbons (Fsp3) is 0.750. The first-order chi connectivity index (χ1) is 5.77. The summed E-state index contributed by atoms with van der Waals surface area (Å²) in [5.74, 6) is 1.39. The van der Waals surface area contributed by atoms with E-state index in [-0.39, 0.29) is 6.04 Å². The lowest BCUT2D eigenvalue weighted by molar-refractivity contribution is 0.326. The van der Waals surface area contributed by atoms with E-state index in [1.807, 2.05) is 6.92 Å². The van der Waals surface area contributed by atoms with Gasteiger partial charge in [-0.05, 0) is 19.9 Å². The van der Waals surface area contributed by atoms with Gasteiger partial charge in [0.05, 0.1) is 6.04 Å². The van der Waals surface area contributed by atoms with E-state index in [4.69, 9.17) is 4.52 Å². The Bertz CT molecular complexity index is 234. The molecule has 68 valence electrons. The fourth-order valence-corrected chi connectivity index (χ4v) is 1.11. The molecule has 0 fully saturated rings. The van der Waals surface area contributed by atoms with Crippen LogP contribution in [-0.4, -0.2) is 16.7 Å². The number of aryl methyl sites for hydroxylation is 1. The van der Waals surface area contributed by atoms with E-state index in [0.29, 0.717) is 11.7 Å². The third-order valence-corrected chi connectivity index (χ3v) is 1.70. The number of rotatable bonds is 4. The van der Waals surface area contributed by atoms with E-state index < -0.39 is 0 Å². The van der Waals surface area contributed by atoms with Gasteiger partial charge < -0.3 is 9.84 Å². The molecule has 0 spiro atoms. The summed E-state index contributed by atoms with van der Waals surface area (Å²) >= 11 is 0. The van der Waals surface area contributed by atoms with Crippen molar-refractivity contribution < 1.29 is 4.52 Å². The second-order valence-electron chi connectivity index (χ2n) is 2.70. The van der Waals surface area contributed by atoms with Crippen LogP contribution < -0.4 is 5.32 Å². The van der Waals surface area contributed by atoms with Crippen molar-refractivity contribution in [1.29, 1.82) is 0 Å². The summed E-state index contributed by atoms with van der Waals surface area (Å²) in [6.07, 6.45) is 0.968. The summed E-state index contributed by atoms with van der Waals surface area (Å²) in [6.45, 7) is 6.89. The van der Waals surface area contributed by atoms with Gasteiger partial charge in [-0.3, -0.25) is 0 Å². The van der Waals surface area contributed by atoms with Crippen molar-refractivity contribution in [2.24, 2.45) is 0 Å². The van der Waals surface area contributed by atoms with Crippen LogP contribution in [0.25, 0.3) is 0 Å². The van der Waals surface area contributed by atoms with E-state index in [0.717, 1.165) is 13.0 Å². The van der Waals surface area contributed by atoms with Crippen molar-refractivity contribution in [1.82, 2.24) is 15.5 Å². The predicted molar refractivity (Wildman–Crippen MR) is 45.7 cm³/mol. The Morgan fingerprint density at radius 3 is 2.67 bits per heavy atom. The lowest BCUT2D eigenvalue weighted by Crippen LogP contribution is -2.20. The molecular weight excluding hydrogens is 154 g/mol. The molecule has 0 saturated carbocycles. The molecule has 1 aromatic rings. The van der Waals surface area contributed by atoms with Crippen LogP contribution in [0.1, 0.15) is 38.0 Å². The Hall–Kier alpha value is -0.900. The minimum absolute atomic E-state index is 0.205. The maximum Gasteiger partial charge on any atom is 0.243 e. The van der Waals surface area contributed by atoms with Gasteiger partial charge >= 0.3 is 0 Å². The third-order valence-electron chi connectivity index (χ3n) is 1.70. The summed E-state index contributed by atoms with van der Waals surface area (Å²) < 4.78 is 5.05. The Labute approximate surface area is 72.4 Å². The highest BCUT2D eigenvalue weighted by atomic mass is 16.5. The quantitative estimate of drug-likeness (QED) is 0.741. The van der Waals surface area contributed by atoms with Crippen LogP contribution in [0.15, 0.2) is 4.52 Å². The monoisotopic (exact) mass is 169 g/mol. The van der Waals surface area contributed by atoms with Gasteiger partial charge in [0.25, 0.3) is 0 Å². The van der Waals surface area contributed by atoms with Crippen LogP contribution in [-0.2, 0) is 0 Å². The molecule has 1 heterocycles. The number of hydrogen-bond donors (Lipinski definition) is 1. The molecule has 1 aromatic heterocycles. The van der Waals surface area contributed by atoms with Gasteiger partial charge in [0, 0.05) is 0 Å². The molecule has 0 aliphatic heterocycles. The van der Waals surface area contributed by atoms with E-state index in [1.165, 1.54) is 0 Å². The first kappa shape index (κ1) is 9.19. The molecule has 0 aromatic carbocycles. The van der Waals surface area contributed by atoms with Crippen molar-refractivity contribution in [2.45, 2.75) is 33.2 Å². The molecule has 0 radical (unpaired) electrons.